The topological polar surface area (TPSA) is 109 Å². The lowest BCUT2D eigenvalue weighted by Crippen LogP contribution is -2.29. The Balaban J connectivity index is 2.75. The monoisotopic (exact) mass is 230 g/mol. The number of benzene rings is 1. The molecule has 0 aromatic heterocycles. The summed E-state index contributed by atoms with van der Waals surface area (Å²) in [6.45, 7) is 0. The quantitative estimate of drug-likeness (QED) is 0.494. The van der Waals surface area contributed by atoms with Gasteiger partial charge in [-0.15, -0.1) is 0 Å². The molecule has 1 rings (SSSR count). The van der Waals surface area contributed by atoms with Crippen molar-refractivity contribution in [2.24, 2.45) is 0 Å². The van der Waals surface area contributed by atoms with Crippen LogP contribution in [-0.4, -0.2) is 24.8 Å². The molecule has 0 atom stereocenters. The standard InChI is InChI=1S/C8H10N2O4S/c9-7-4-2-1-3-6(7)8(11)10-5-15(12,13)14/h1-4H,5,9H2,(H,10,11)(H,12,13,14). The molecule has 0 spiro atoms. The Morgan fingerprint density at radius 1 is 1.40 bits per heavy atom. The summed E-state index contributed by atoms with van der Waals surface area (Å²) in [5.74, 6) is -1.48. The number of nitrogens with two attached hydrogens (primary N) is 1. The first kappa shape index (κ1) is 11.5. The average Bonchev–Trinajstić information content (AvgIpc) is 2.14. The fourth-order valence-electron chi connectivity index (χ4n) is 0.956. The summed E-state index contributed by atoms with van der Waals surface area (Å²) in [4.78, 5) is 11.3. The highest BCUT2D eigenvalue weighted by molar-refractivity contribution is 7.85. The molecule has 4 N–H and O–H groups in total. The summed E-state index contributed by atoms with van der Waals surface area (Å²) < 4.78 is 29.1. The van der Waals surface area contributed by atoms with Crippen LogP contribution < -0.4 is 11.1 Å². The number of rotatable bonds is 3. The fraction of sp³-hybridized carbons (Fsp3) is 0.125. The molecule has 82 valence electrons. The maximum atomic E-state index is 11.3. The highest BCUT2D eigenvalue weighted by atomic mass is 32.2. The summed E-state index contributed by atoms with van der Waals surface area (Å²) in [6.07, 6.45) is 0. The van der Waals surface area contributed by atoms with E-state index in [0.29, 0.717) is 0 Å². The van der Waals surface area contributed by atoms with Gasteiger partial charge < -0.3 is 11.1 Å². The van der Waals surface area contributed by atoms with Crippen molar-refractivity contribution in [3.05, 3.63) is 29.8 Å². The maximum Gasteiger partial charge on any atom is 0.283 e. The van der Waals surface area contributed by atoms with E-state index in [9.17, 15) is 13.2 Å². The number of hydrogen-bond acceptors (Lipinski definition) is 4. The minimum Gasteiger partial charge on any atom is -0.398 e. The number of carbonyl (C=O) groups excluding carboxylic acids is 1. The number of nitrogens with one attached hydrogen (secondary N) is 1. The molecular weight excluding hydrogens is 220 g/mol. The molecule has 0 aliphatic carbocycles. The van der Waals surface area contributed by atoms with Crippen molar-refractivity contribution >= 4 is 21.7 Å². The van der Waals surface area contributed by atoms with Gasteiger partial charge in [-0.2, -0.15) is 8.42 Å². The Bertz CT molecular complexity index is 469. The van der Waals surface area contributed by atoms with Gasteiger partial charge in [0.05, 0.1) is 5.56 Å². The van der Waals surface area contributed by atoms with E-state index in [1.165, 1.54) is 12.1 Å². The van der Waals surface area contributed by atoms with Gasteiger partial charge in [-0.3, -0.25) is 9.35 Å². The third-order valence-corrected chi connectivity index (χ3v) is 2.13. The van der Waals surface area contributed by atoms with Gasteiger partial charge in [0.1, 0.15) is 5.88 Å². The summed E-state index contributed by atoms with van der Waals surface area (Å²) in [5.41, 5.74) is 5.90. The lowest BCUT2D eigenvalue weighted by molar-refractivity contribution is 0.0960. The van der Waals surface area contributed by atoms with Crippen LogP contribution in [0.5, 0.6) is 0 Å². The van der Waals surface area contributed by atoms with Crippen LogP contribution >= 0.6 is 0 Å². The van der Waals surface area contributed by atoms with Crippen LogP contribution in [-0.2, 0) is 10.1 Å². The lowest BCUT2D eigenvalue weighted by Gasteiger charge is -2.05. The first-order valence-electron chi connectivity index (χ1n) is 3.98. The minimum atomic E-state index is -4.21. The molecule has 1 aromatic rings. The van der Waals surface area contributed by atoms with Crippen LogP contribution in [0.3, 0.4) is 0 Å². The summed E-state index contributed by atoms with van der Waals surface area (Å²) in [6, 6.07) is 6.21. The van der Waals surface area contributed by atoms with Crippen molar-refractivity contribution in [1.29, 1.82) is 0 Å². The molecule has 0 aliphatic heterocycles. The van der Waals surface area contributed by atoms with Gasteiger partial charge in [0, 0.05) is 5.69 Å². The predicted octanol–water partition coefficient (Wildman–Crippen LogP) is -0.156. The largest absolute Gasteiger partial charge is 0.398 e. The first-order chi connectivity index (χ1) is 6.90. The molecule has 0 radical (unpaired) electrons. The normalized spacial score (nSPS) is 11.0. The zero-order chi connectivity index (χ0) is 11.5. The van der Waals surface area contributed by atoms with Crippen molar-refractivity contribution in [2.75, 3.05) is 11.6 Å². The van der Waals surface area contributed by atoms with Gasteiger partial charge in [-0.1, -0.05) is 12.1 Å². The van der Waals surface area contributed by atoms with Gasteiger partial charge in [0.15, 0.2) is 0 Å². The van der Waals surface area contributed by atoms with Crippen LogP contribution in [0, 0.1) is 0 Å². The second kappa shape index (κ2) is 4.28. The van der Waals surface area contributed by atoms with Crippen LogP contribution in [0.1, 0.15) is 10.4 Å². The van der Waals surface area contributed by atoms with Gasteiger partial charge in [0.25, 0.3) is 16.0 Å². The number of para-hydroxylation sites is 1. The average molecular weight is 230 g/mol. The highest BCUT2D eigenvalue weighted by Crippen LogP contribution is 2.09. The van der Waals surface area contributed by atoms with Crippen LogP contribution in [0.15, 0.2) is 24.3 Å². The molecule has 0 bridgehead atoms. The van der Waals surface area contributed by atoms with Gasteiger partial charge in [-0.25, -0.2) is 0 Å². The van der Waals surface area contributed by atoms with Crippen LogP contribution in [0.25, 0.3) is 0 Å². The number of nitrogen functional groups attached to an aromatic ring is 1. The molecule has 0 fully saturated rings. The molecule has 0 aliphatic rings. The van der Waals surface area contributed by atoms with Crippen molar-refractivity contribution < 1.29 is 17.8 Å². The van der Waals surface area contributed by atoms with E-state index in [-0.39, 0.29) is 11.3 Å². The number of carbonyl (C=O) groups is 1. The molecule has 0 saturated carbocycles. The number of anilines is 1. The molecular formula is C8H10N2O4S. The Hall–Kier alpha value is -1.60. The van der Waals surface area contributed by atoms with E-state index >= 15 is 0 Å². The van der Waals surface area contributed by atoms with E-state index < -0.39 is 21.9 Å². The summed E-state index contributed by atoms with van der Waals surface area (Å²) >= 11 is 0. The summed E-state index contributed by atoms with van der Waals surface area (Å²) in [7, 11) is -4.21. The van der Waals surface area contributed by atoms with Crippen molar-refractivity contribution in [3.63, 3.8) is 0 Å². The third-order valence-electron chi connectivity index (χ3n) is 1.62. The number of amides is 1. The Morgan fingerprint density at radius 3 is 2.53 bits per heavy atom. The molecule has 0 saturated heterocycles. The molecule has 6 nitrogen and oxygen atoms in total. The van der Waals surface area contributed by atoms with Gasteiger partial charge >= 0.3 is 0 Å². The molecule has 0 heterocycles. The van der Waals surface area contributed by atoms with Crippen molar-refractivity contribution in [1.82, 2.24) is 5.32 Å². The molecule has 1 amide bonds. The third kappa shape index (κ3) is 3.56. The second-order valence-electron chi connectivity index (χ2n) is 2.82. The highest BCUT2D eigenvalue weighted by Gasteiger charge is 2.11. The van der Waals surface area contributed by atoms with Crippen LogP contribution in [0.4, 0.5) is 5.69 Å². The minimum absolute atomic E-state index is 0.168. The maximum absolute atomic E-state index is 11.3. The molecule has 7 heteroatoms. The van der Waals surface area contributed by atoms with E-state index in [1.807, 2.05) is 5.32 Å². The Labute approximate surface area is 86.8 Å². The van der Waals surface area contributed by atoms with E-state index in [1.54, 1.807) is 12.1 Å². The van der Waals surface area contributed by atoms with Crippen LogP contribution in [0.2, 0.25) is 0 Å². The van der Waals surface area contributed by atoms with Gasteiger partial charge in [-0.05, 0) is 12.1 Å². The molecule has 0 unspecified atom stereocenters. The fourth-order valence-corrected chi connectivity index (χ4v) is 1.27. The van der Waals surface area contributed by atoms with E-state index in [4.69, 9.17) is 10.3 Å². The number of hydrogen-bond donors (Lipinski definition) is 3. The predicted molar refractivity (Wildman–Crippen MR) is 54.7 cm³/mol. The first-order valence-corrected chi connectivity index (χ1v) is 5.59. The van der Waals surface area contributed by atoms with E-state index in [0.717, 1.165) is 0 Å². The zero-order valence-electron chi connectivity index (χ0n) is 7.67. The SMILES string of the molecule is Nc1ccccc1C(=O)NCS(=O)(=O)O. The zero-order valence-corrected chi connectivity index (χ0v) is 8.49. The lowest BCUT2D eigenvalue weighted by atomic mass is 10.2. The second-order valence-corrected chi connectivity index (χ2v) is 4.27. The molecule has 1 aromatic carbocycles. The Kier molecular flexibility index (Phi) is 3.28. The van der Waals surface area contributed by atoms with E-state index in [2.05, 4.69) is 0 Å². The smallest absolute Gasteiger partial charge is 0.283 e. The van der Waals surface area contributed by atoms with Gasteiger partial charge in [0.2, 0.25) is 0 Å². The van der Waals surface area contributed by atoms with Crippen molar-refractivity contribution in [2.45, 2.75) is 0 Å². The summed E-state index contributed by atoms with van der Waals surface area (Å²) in [5, 5.41) is 2.02. The van der Waals surface area contributed by atoms with Crippen molar-refractivity contribution in [3.8, 4) is 0 Å². The molecule has 15 heavy (non-hydrogen) atoms. The Morgan fingerprint density at radius 2 is 2.00 bits per heavy atom.